The van der Waals surface area contributed by atoms with Gasteiger partial charge in [-0.05, 0) is 30.0 Å². The third-order valence-corrected chi connectivity index (χ3v) is 6.83. The Bertz CT molecular complexity index is 1010. The molecule has 2 aromatic carbocycles. The summed E-state index contributed by atoms with van der Waals surface area (Å²) in [6.45, 7) is 2.26. The zero-order chi connectivity index (χ0) is 27.6. The Morgan fingerprint density at radius 2 is 1.13 bits per heavy atom. The minimum Gasteiger partial charge on any atom is -0.289 e. The van der Waals surface area contributed by atoms with Crippen molar-refractivity contribution in [2.75, 3.05) is 0 Å². The van der Waals surface area contributed by atoms with Crippen molar-refractivity contribution in [1.82, 2.24) is 0 Å². The minimum absolute atomic E-state index is 0.0865. The summed E-state index contributed by atoms with van der Waals surface area (Å²) in [6, 6.07) is 10.9. The number of carbonyl (C=O) groups excluding carboxylic acids is 1. The predicted octanol–water partition coefficient (Wildman–Crippen LogP) is 9.42. The molecule has 206 valence electrons. The summed E-state index contributed by atoms with van der Waals surface area (Å²) in [7, 11) is 0. The van der Waals surface area contributed by atoms with Gasteiger partial charge >= 0.3 is 0 Å². The molecule has 0 aromatic heterocycles. The van der Waals surface area contributed by atoms with Crippen molar-refractivity contribution in [1.29, 1.82) is 0 Å². The number of allylic oxidation sites excluding steroid dienone is 1. The van der Waals surface area contributed by atoms with Crippen LogP contribution in [0.4, 0.5) is 11.4 Å². The van der Waals surface area contributed by atoms with Crippen molar-refractivity contribution in [3.8, 4) is 0 Å². The highest BCUT2D eigenvalue weighted by Gasteiger charge is 2.18. The van der Waals surface area contributed by atoms with Gasteiger partial charge in [-0.3, -0.25) is 25.0 Å². The van der Waals surface area contributed by atoms with E-state index in [9.17, 15) is 25.0 Å². The molecule has 7 nitrogen and oxygen atoms in total. The third kappa shape index (κ3) is 12.3. The quantitative estimate of drug-likeness (QED) is 0.0566. The molecule has 0 unspecified atom stereocenters. The van der Waals surface area contributed by atoms with Crippen LogP contribution < -0.4 is 0 Å². The first-order chi connectivity index (χ1) is 18.4. The lowest BCUT2D eigenvalue weighted by atomic mass is 10.0. The number of ketones is 1. The Balaban J connectivity index is 1.64. The number of aryl methyl sites for hydroxylation is 1. The van der Waals surface area contributed by atoms with Gasteiger partial charge in [0.05, 0.1) is 15.9 Å². The second kappa shape index (κ2) is 18.0. The molecule has 0 saturated carbocycles. The molecule has 0 fully saturated rings. The van der Waals surface area contributed by atoms with Gasteiger partial charge in [0, 0.05) is 17.7 Å². The molecule has 0 N–H and O–H groups in total. The summed E-state index contributed by atoms with van der Waals surface area (Å²) >= 11 is 0. The van der Waals surface area contributed by atoms with Crippen LogP contribution >= 0.6 is 0 Å². The van der Waals surface area contributed by atoms with Gasteiger partial charge in [0.2, 0.25) is 0 Å². The van der Waals surface area contributed by atoms with Crippen LogP contribution in [0.15, 0.2) is 48.5 Å². The zero-order valence-corrected chi connectivity index (χ0v) is 22.7. The van der Waals surface area contributed by atoms with Crippen LogP contribution in [0, 0.1) is 20.2 Å². The maximum Gasteiger partial charge on any atom is 0.277 e. The van der Waals surface area contributed by atoms with E-state index in [1.54, 1.807) is 6.08 Å². The van der Waals surface area contributed by atoms with E-state index in [-0.39, 0.29) is 5.56 Å². The zero-order valence-electron chi connectivity index (χ0n) is 22.7. The first kappa shape index (κ1) is 30.9. The standard InChI is InChI=1S/C31H42N2O5/c1-2-3-4-5-6-7-8-9-10-11-12-13-14-15-16-26-17-19-27(20-18-26)21-22-31(34)28-23-29(32(35)36)25-30(24-28)33(37)38/h17-25H,2-16H2,1H3. The monoisotopic (exact) mass is 522 g/mol. The Morgan fingerprint density at radius 3 is 1.58 bits per heavy atom. The van der Waals surface area contributed by atoms with Gasteiger partial charge < -0.3 is 0 Å². The Hall–Kier alpha value is -3.35. The van der Waals surface area contributed by atoms with Crippen molar-refractivity contribution < 1.29 is 14.6 Å². The molecular weight excluding hydrogens is 480 g/mol. The molecule has 0 heterocycles. The summed E-state index contributed by atoms with van der Waals surface area (Å²) in [5.41, 5.74) is 1.02. The lowest BCUT2D eigenvalue weighted by Gasteiger charge is -2.04. The molecule has 7 heteroatoms. The first-order valence-corrected chi connectivity index (χ1v) is 14.2. The summed E-state index contributed by atoms with van der Waals surface area (Å²) in [4.78, 5) is 33.0. The van der Waals surface area contributed by atoms with Crippen LogP contribution in [0.25, 0.3) is 6.08 Å². The normalized spacial score (nSPS) is 11.2. The molecule has 0 spiro atoms. The Morgan fingerprint density at radius 1 is 0.684 bits per heavy atom. The van der Waals surface area contributed by atoms with E-state index < -0.39 is 27.0 Å². The van der Waals surface area contributed by atoms with Crippen molar-refractivity contribution in [3.63, 3.8) is 0 Å². The van der Waals surface area contributed by atoms with Crippen molar-refractivity contribution in [2.24, 2.45) is 0 Å². The molecule has 38 heavy (non-hydrogen) atoms. The molecule has 0 radical (unpaired) electrons. The number of rotatable bonds is 20. The van der Waals surface area contributed by atoms with Crippen molar-refractivity contribution >= 4 is 23.2 Å². The molecule has 0 aliphatic rings. The highest BCUT2D eigenvalue weighted by Crippen LogP contribution is 2.23. The number of unbranched alkanes of at least 4 members (excludes halogenated alkanes) is 13. The fraction of sp³-hybridized carbons (Fsp3) is 0.516. The molecule has 0 amide bonds. The van der Waals surface area contributed by atoms with Crippen molar-refractivity contribution in [3.05, 3.63) is 85.5 Å². The van der Waals surface area contributed by atoms with Gasteiger partial charge in [0.25, 0.3) is 11.4 Å². The average Bonchev–Trinajstić information content (AvgIpc) is 2.92. The second-order valence-electron chi connectivity index (χ2n) is 10.0. The van der Waals surface area contributed by atoms with Crippen LogP contribution in [0.1, 0.15) is 118 Å². The maximum absolute atomic E-state index is 12.5. The molecule has 0 aliphatic carbocycles. The highest BCUT2D eigenvalue weighted by molar-refractivity contribution is 6.07. The van der Waals surface area contributed by atoms with Crippen LogP contribution in [0.2, 0.25) is 0 Å². The van der Waals surface area contributed by atoms with E-state index in [1.165, 1.54) is 95.1 Å². The number of nitro benzene ring substituents is 2. The van der Waals surface area contributed by atoms with Gasteiger partial charge in [-0.2, -0.15) is 0 Å². The third-order valence-electron chi connectivity index (χ3n) is 6.83. The molecular formula is C31H42N2O5. The van der Waals surface area contributed by atoms with Crippen LogP contribution in [-0.2, 0) is 6.42 Å². The first-order valence-electron chi connectivity index (χ1n) is 14.2. The Kier molecular flexibility index (Phi) is 14.6. The second-order valence-corrected chi connectivity index (χ2v) is 10.0. The van der Waals surface area contributed by atoms with E-state index in [2.05, 4.69) is 6.92 Å². The number of nitro groups is 2. The highest BCUT2D eigenvalue weighted by atomic mass is 16.6. The molecule has 0 aliphatic heterocycles. The summed E-state index contributed by atoms with van der Waals surface area (Å²) in [5.74, 6) is -0.525. The largest absolute Gasteiger partial charge is 0.289 e. The summed E-state index contributed by atoms with van der Waals surface area (Å²) in [5, 5.41) is 22.1. The molecule has 0 saturated heterocycles. The number of carbonyl (C=O) groups is 1. The summed E-state index contributed by atoms with van der Waals surface area (Å²) in [6.07, 6.45) is 22.7. The molecule has 2 rings (SSSR count). The van der Waals surface area contributed by atoms with Gasteiger partial charge in [-0.1, -0.05) is 121 Å². The molecule has 0 bridgehead atoms. The smallest absolute Gasteiger partial charge is 0.277 e. The maximum atomic E-state index is 12.5. The van der Waals surface area contributed by atoms with E-state index in [4.69, 9.17) is 0 Å². The molecule has 2 aromatic rings. The van der Waals surface area contributed by atoms with Gasteiger partial charge in [-0.25, -0.2) is 0 Å². The average molecular weight is 523 g/mol. The number of benzene rings is 2. The van der Waals surface area contributed by atoms with E-state index >= 15 is 0 Å². The predicted molar refractivity (Wildman–Crippen MR) is 154 cm³/mol. The van der Waals surface area contributed by atoms with Gasteiger partial charge in [-0.15, -0.1) is 0 Å². The van der Waals surface area contributed by atoms with Gasteiger partial charge in [0.1, 0.15) is 0 Å². The van der Waals surface area contributed by atoms with E-state index in [0.29, 0.717) is 0 Å². The number of non-ortho nitro benzene ring substituents is 2. The fourth-order valence-electron chi connectivity index (χ4n) is 4.54. The van der Waals surface area contributed by atoms with Gasteiger partial charge in [0.15, 0.2) is 5.78 Å². The van der Waals surface area contributed by atoms with E-state index in [1.807, 2.05) is 24.3 Å². The lowest BCUT2D eigenvalue weighted by Crippen LogP contribution is -1.99. The van der Waals surface area contributed by atoms with Crippen LogP contribution in [0.5, 0.6) is 0 Å². The topological polar surface area (TPSA) is 103 Å². The summed E-state index contributed by atoms with van der Waals surface area (Å²) < 4.78 is 0. The van der Waals surface area contributed by atoms with Crippen molar-refractivity contribution in [2.45, 2.75) is 103 Å². The fourth-order valence-corrected chi connectivity index (χ4v) is 4.54. The number of hydrogen-bond donors (Lipinski definition) is 0. The van der Waals surface area contributed by atoms with Crippen LogP contribution in [0.3, 0.4) is 0 Å². The minimum atomic E-state index is -0.746. The molecule has 0 atom stereocenters. The SMILES string of the molecule is CCCCCCCCCCCCCCCCc1ccc(C=CC(=O)c2cc([N+](=O)[O-])cc([N+](=O)[O-])c2)cc1. The Labute approximate surface area is 226 Å². The number of nitrogens with zero attached hydrogens (tertiary/aromatic N) is 2. The van der Waals surface area contributed by atoms with Crippen LogP contribution in [-0.4, -0.2) is 15.6 Å². The lowest BCUT2D eigenvalue weighted by molar-refractivity contribution is -0.394. The number of hydrogen-bond acceptors (Lipinski definition) is 5. The van der Waals surface area contributed by atoms with E-state index in [0.717, 1.165) is 36.6 Å².